The van der Waals surface area contributed by atoms with E-state index in [0.717, 1.165) is 0 Å². The van der Waals surface area contributed by atoms with Crippen LogP contribution in [0.1, 0.15) is 193 Å². The first kappa shape index (κ1) is 33.4. The molecule has 0 bridgehead atoms. The molecule has 0 saturated heterocycles. The molecule has 6 fully saturated rings. The third kappa shape index (κ3) is 10.3. The quantitative estimate of drug-likeness (QED) is 0.196. The molecule has 0 aliphatic heterocycles. The Morgan fingerprint density at radius 3 is 0.462 bits per heavy atom. The van der Waals surface area contributed by atoms with Gasteiger partial charge >= 0.3 is 0 Å². The van der Waals surface area contributed by atoms with Crippen molar-refractivity contribution in [3.63, 3.8) is 0 Å². The SMILES string of the molecule is C1CCC([PH+](C2CCCCC2)C2CCCCC2)CC1.C1CCC([PH+](C2CCCCC2)C2CCCCC2)CC1.[Ru]. The molecule has 6 rings (SSSR count). The van der Waals surface area contributed by atoms with E-state index < -0.39 is 0 Å². The van der Waals surface area contributed by atoms with Crippen LogP contribution < -0.4 is 0 Å². The molecule has 6 aliphatic rings. The Bertz CT molecular complexity index is 464. The first-order valence-electron chi connectivity index (χ1n) is 18.6. The Morgan fingerprint density at radius 1 is 0.205 bits per heavy atom. The number of hydrogen-bond acceptors (Lipinski definition) is 0. The van der Waals surface area contributed by atoms with Crippen molar-refractivity contribution in [2.45, 2.75) is 227 Å². The van der Waals surface area contributed by atoms with Gasteiger partial charge in [0.2, 0.25) is 0 Å². The summed E-state index contributed by atoms with van der Waals surface area (Å²) in [5.74, 6) is 0. The van der Waals surface area contributed by atoms with Gasteiger partial charge in [-0.1, -0.05) is 38.5 Å². The van der Waals surface area contributed by atoms with Crippen molar-refractivity contribution in [3.8, 4) is 0 Å². The molecule has 0 amide bonds. The van der Waals surface area contributed by atoms with E-state index in [4.69, 9.17) is 0 Å². The molecular weight excluding hydrogens is 595 g/mol. The summed E-state index contributed by atoms with van der Waals surface area (Å²) in [6, 6.07) is 0. The zero-order chi connectivity index (χ0) is 25.8. The maximum Gasteiger partial charge on any atom is 0.0680 e. The van der Waals surface area contributed by atoms with Gasteiger partial charge in [-0.3, -0.25) is 0 Å². The van der Waals surface area contributed by atoms with Crippen LogP contribution in [0.2, 0.25) is 0 Å². The number of rotatable bonds is 6. The second-order valence-electron chi connectivity index (χ2n) is 15.0. The van der Waals surface area contributed by atoms with Crippen LogP contribution in [0.4, 0.5) is 0 Å². The van der Waals surface area contributed by atoms with Crippen LogP contribution in [0.25, 0.3) is 0 Å². The van der Waals surface area contributed by atoms with Crippen LogP contribution in [-0.2, 0) is 19.5 Å². The summed E-state index contributed by atoms with van der Waals surface area (Å²) in [6.07, 6.45) is 47.6. The van der Waals surface area contributed by atoms with E-state index in [1.165, 1.54) is 34.0 Å². The van der Waals surface area contributed by atoms with E-state index in [2.05, 4.69) is 0 Å². The Morgan fingerprint density at radius 2 is 0.333 bits per heavy atom. The van der Waals surface area contributed by atoms with Crippen molar-refractivity contribution >= 4 is 15.8 Å². The fourth-order valence-corrected chi connectivity index (χ4v) is 21.1. The molecular formula is C36H68P2Ru+2. The van der Waals surface area contributed by atoms with Crippen LogP contribution >= 0.6 is 15.8 Å². The molecule has 0 radical (unpaired) electrons. The standard InChI is InChI=1S/2C18H33P.Ru/c2*1-4-10-16(11-5-1)19(17-12-6-2-7-13-17)18-14-8-3-9-15-18;/h2*16-18H,1-15H2;/p+2. The van der Waals surface area contributed by atoms with E-state index in [9.17, 15) is 0 Å². The van der Waals surface area contributed by atoms with Gasteiger partial charge in [-0.25, -0.2) is 0 Å². The molecule has 3 heteroatoms. The second kappa shape index (κ2) is 19.0. The maximum absolute atomic E-state index is 1.63. The van der Waals surface area contributed by atoms with Crippen LogP contribution in [0.5, 0.6) is 0 Å². The summed E-state index contributed by atoms with van der Waals surface area (Å²) in [5, 5.41) is 0. The molecule has 0 aromatic heterocycles. The molecule has 39 heavy (non-hydrogen) atoms. The van der Waals surface area contributed by atoms with Crippen LogP contribution in [0, 0.1) is 0 Å². The van der Waals surface area contributed by atoms with Crippen LogP contribution in [0.15, 0.2) is 0 Å². The van der Waals surface area contributed by atoms with Gasteiger partial charge in [-0.2, -0.15) is 0 Å². The molecule has 0 heterocycles. The predicted octanol–water partition coefficient (Wildman–Crippen LogP) is 12.4. The first-order valence-corrected chi connectivity index (χ1v) is 22.1. The zero-order valence-electron chi connectivity index (χ0n) is 26.0. The van der Waals surface area contributed by atoms with E-state index >= 15 is 0 Å². The summed E-state index contributed by atoms with van der Waals surface area (Å²) in [4.78, 5) is 0. The Hall–Kier alpha value is 1.48. The van der Waals surface area contributed by atoms with Gasteiger partial charge in [0.15, 0.2) is 0 Å². The molecule has 0 aromatic rings. The van der Waals surface area contributed by atoms with Gasteiger partial charge < -0.3 is 0 Å². The van der Waals surface area contributed by atoms with Crippen LogP contribution in [-0.4, -0.2) is 34.0 Å². The third-order valence-corrected chi connectivity index (χ3v) is 21.6. The van der Waals surface area contributed by atoms with E-state index in [1.807, 2.05) is 0 Å². The fourth-order valence-electron chi connectivity index (χ4n) is 10.6. The van der Waals surface area contributed by atoms with E-state index in [-0.39, 0.29) is 35.3 Å². The normalized spacial score (nSPS) is 28.2. The maximum atomic E-state index is 1.63. The molecule has 0 atom stereocenters. The summed E-state index contributed by atoms with van der Waals surface area (Å²) >= 11 is 0. The van der Waals surface area contributed by atoms with E-state index in [0.29, 0.717) is 0 Å². The Kier molecular flexibility index (Phi) is 16.3. The summed E-state index contributed by atoms with van der Waals surface area (Å²) in [6.45, 7) is 0. The Labute approximate surface area is 260 Å². The monoisotopic (exact) mass is 664 g/mol. The third-order valence-electron chi connectivity index (χ3n) is 12.5. The minimum absolute atomic E-state index is 0. The minimum atomic E-state index is -0.0465. The van der Waals surface area contributed by atoms with Crippen molar-refractivity contribution in [3.05, 3.63) is 0 Å². The average Bonchev–Trinajstić information content (AvgIpc) is 3.01. The Balaban J connectivity index is 0.000000176. The molecule has 0 unspecified atom stereocenters. The fraction of sp³-hybridized carbons (Fsp3) is 1.00. The smallest absolute Gasteiger partial charge is 0.0530 e. The molecule has 0 spiro atoms. The van der Waals surface area contributed by atoms with Crippen molar-refractivity contribution in [1.82, 2.24) is 0 Å². The molecule has 0 N–H and O–H groups in total. The largest absolute Gasteiger partial charge is 0.0680 e. The average molecular weight is 664 g/mol. The minimum Gasteiger partial charge on any atom is -0.0530 e. The zero-order valence-corrected chi connectivity index (χ0v) is 29.8. The summed E-state index contributed by atoms with van der Waals surface area (Å²) in [7, 11) is -0.0930. The van der Waals surface area contributed by atoms with Gasteiger partial charge in [0.25, 0.3) is 0 Å². The molecule has 0 nitrogen and oxygen atoms in total. The van der Waals surface area contributed by atoms with Crippen LogP contribution in [0.3, 0.4) is 0 Å². The van der Waals surface area contributed by atoms with Gasteiger partial charge in [0.05, 0.1) is 34.0 Å². The van der Waals surface area contributed by atoms with Crippen molar-refractivity contribution in [2.75, 3.05) is 0 Å². The molecule has 0 aromatic carbocycles. The van der Waals surface area contributed by atoms with Gasteiger partial charge in [-0.15, -0.1) is 0 Å². The van der Waals surface area contributed by atoms with E-state index in [1.54, 1.807) is 193 Å². The molecule has 6 aliphatic carbocycles. The first-order chi connectivity index (χ1) is 18.9. The van der Waals surface area contributed by atoms with Crippen molar-refractivity contribution < 1.29 is 19.5 Å². The number of hydrogen-bond donors (Lipinski definition) is 0. The van der Waals surface area contributed by atoms with Crippen molar-refractivity contribution in [2.24, 2.45) is 0 Å². The molecule has 6 saturated carbocycles. The van der Waals surface area contributed by atoms with Crippen molar-refractivity contribution in [1.29, 1.82) is 0 Å². The van der Waals surface area contributed by atoms with Gasteiger partial charge in [-0.05, 0) is 154 Å². The predicted molar refractivity (Wildman–Crippen MR) is 178 cm³/mol. The van der Waals surface area contributed by atoms with Gasteiger partial charge in [0, 0.05) is 35.3 Å². The second-order valence-corrected chi connectivity index (χ2v) is 21.9. The topological polar surface area (TPSA) is 0 Å². The summed E-state index contributed by atoms with van der Waals surface area (Å²) < 4.78 is 0. The molecule has 228 valence electrons. The van der Waals surface area contributed by atoms with Gasteiger partial charge in [0.1, 0.15) is 0 Å². The summed E-state index contributed by atoms with van der Waals surface area (Å²) in [5.41, 5.74) is 7.36.